The van der Waals surface area contributed by atoms with E-state index in [0.29, 0.717) is 18.2 Å². The highest BCUT2D eigenvalue weighted by molar-refractivity contribution is 7.99. The van der Waals surface area contributed by atoms with E-state index in [1.54, 1.807) is 0 Å². The number of aromatic nitrogens is 2. The molecule has 0 atom stereocenters. The zero-order valence-corrected chi connectivity index (χ0v) is 11.6. The maximum Gasteiger partial charge on any atom is 0.242 e. The topological polar surface area (TPSA) is 64.3 Å². The van der Waals surface area contributed by atoms with Gasteiger partial charge in [0, 0.05) is 18.8 Å². The Labute approximate surface area is 112 Å². The third kappa shape index (κ3) is 3.19. The Morgan fingerprint density at radius 1 is 1.39 bits per heavy atom. The van der Waals surface area contributed by atoms with E-state index >= 15 is 0 Å². The predicted molar refractivity (Wildman–Crippen MR) is 76.4 cm³/mol. The van der Waals surface area contributed by atoms with Crippen LogP contribution in [0.2, 0.25) is 0 Å². The number of anilines is 2. The minimum atomic E-state index is 0.513. The lowest BCUT2D eigenvalue weighted by Crippen LogP contribution is -2.27. The Morgan fingerprint density at radius 3 is 3.11 bits per heavy atom. The maximum absolute atomic E-state index is 6.11. The molecule has 5 nitrogen and oxygen atoms in total. The number of thioether (sulfide) groups is 1. The molecule has 100 valence electrons. The van der Waals surface area contributed by atoms with Gasteiger partial charge in [-0.1, -0.05) is 6.92 Å². The van der Waals surface area contributed by atoms with Crippen LogP contribution in [-0.2, 0) is 0 Å². The molecule has 0 aromatic carbocycles. The van der Waals surface area contributed by atoms with E-state index in [1.165, 1.54) is 18.5 Å². The molecule has 1 aromatic rings. The average molecular weight is 268 g/mol. The molecule has 1 fully saturated rings. The van der Waals surface area contributed by atoms with Crippen molar-refractivity contribution in [3.05, 3.63) is 6.33 Å². The lowest BCUT2D eigenvalue weighted by molar-refractivity contribution is 0.306. The predicted octanol–water partition coefficient (Wildman–Crippen LogP) is 1.79. The first-order chi connectivity index (χ1) is 8.83. The van der Waals surface area contributed by atoms with Crippen molar-refractivity contribution in [2.24, 2.45) is 0 Å². The van der Waals surface area contributed by atoms with Gasteiger partial charge in [-0.05, 0) is 18.6 Å². The van der Waals surface area contributed by atoms with Gasteiger partial charge in [0.2, 0.25) is 5.88 Å². The Balaban J connectivity index is 2.15. The highest BCUT2D eigenvalue weighted by atomic mass is 32.2. The first-order valence-corrected chi connectivity index (χ1v) is 7.54. The van der Waals surface area contributed by atoms with Crippen LogP contribution in [0.25, 0.3) is 0 Å². The van der Waals surface area contributed by atoms with Crippen LogP contribution in [0, 0.1) is 0 Å². The smallest absolute Gasteiger partial charge is 0.242 e. The maximum atomic E-state index is 6.11. The van der Waals surface area contributed by atoms with Crippen molar-refractivity contribution >= 4 is 23.3 Å². The molecule has 18 heavy (non-hydrogen) atoms. The van der Waals surface area contributed by atoms with E-state index in [4.69, 9.17) is 10.5 Å². The molecule has 2 heterocycles. The number of nitrogen functional groups attached to an aromatic ring is 1. The zero-order chi connectivity index (χ0) is 12.8. The molecular weight excluding hydrogens is 248 g/mol. The van der Waals surface area contributed by atoms with Gasteiger partial charge in [0.05, 0.1) is 6.61 Å². The van der Waals surface area contributed by atoms with Gasteiger partial charge in [-0.15, -0.1) is 0 Å². The van der Waals surface area contributed by atoms with E-state index in [-0.39, 0.29) is 0 Å². The Bertz CT molecular complexity index is 380. The van der Waals surface area contributed by atoms with Gasteiger partial charge in [-0.3, -0.25) is 0 Å². The summed E-state index contributed by atoms with van der Waals surface area (Å²) in [6.07, 6.45) is 3.65. The van der Waals surface area contributed by atoms with E-state index in [9.17, 15) is 0 Å². The number of rotatable bonds is 4. The molecule has 2 N–H and O–H groups in total. The van der Waals surface area contributed by atoms with Gasteiger partial charge in [0.1, 0.15) is 12.0 Å². The lowest BCUT2D eigenvalue weighted by Gasteiger charge is -2.22. The van der Waals surface area contributed by atoms with Crippen molar-refractivity contribution in [2.45, 2.75) is 19.8 Å². The number of nitrogens with zero attached hydrogens (tertiary/aromatic N) is 3. The second-order valence-corrected chi connectivity index (χ2v) is 5.44. The summed E-state index contributed by atoms with van der Waals surface area (Å²) in [6, 6.07) is 0. The van der Waals surface area contributed by atoms with Crippen molar-refractivity contribution in [2.75, 3.05) is 41.8 Å². The lowest BCUT2D eigenvalue weighted by atomic mass is 10.3. The fourth-order valence-electron chi connectivity index (χ4n) is 1.89. The van der Waals surface area contributed by atoms with Crippen molar-refractivity contribution in [3.63, 3.8) is 0 Å². The van der Waals surface area contributed by atoms with Crippen molar-refractivity contribution in [3.8, 4) is 5.88 Å². The number of nitrogens with two attached hydrogens (primary N) is 1. The van der Waals surface area contributed by atoms with Crippen LogP contribution in [0.5, 0.6) is 5.88 Å². The Hall–Kier alpha value is -1.17. The van der Waals surface area contributed by atoms with Gasteiger partial charge in [0.25, 0.3) is 0 Å². The van der Waals surface area contributed by atoms with E-state index in [0.717, 1.165) is 31.1 Å². The van der Waals surface area contributed by atoms with E-state index in [2.05, 4.69) is 21.8 Å². The van der Waals surface area contributed by atoms with Gasteiger partial charge < -0.3 is 15.4 Å². The van der Waals surface area contributed by atoms with Crippen molar-refractivity contribution in [1.29, 1.82) is 0 Å². The largest absolute Gasteiger partial charge is 0.476 e. The summed E-state index contributed by atoms with van der Waals surface area (Å²) in [4.78, 5) is 10.6. The minimum absolute atomic E-state index is 0.513. The van der Waals surface area contributed by atoms with Gasteiger partial charge in [0.15, 0.2) is 5.82 Å². The fourth-order valence-corrected chi connectivity index (χ4v) is 2.78. The van der Waals surface area contributed by atoms with Crippen LogP contribution in [-0.4, -0.2) is 41.2 Å². The molecular formula is C12H20N4OS. The summed E-state index contributed by atoms with van der Waals surface area (Å²) in [5.74, 6) is 3.66. The molecule has 0 bridgehead atoms. The summed E-state index contributed by atoms with van der Waals surface area (Å²) in [5.41, 5.74) is 6.67. The van der Waals surface area contributed by atoms with Gasteiger partial charge in [-0.25, -0.2) is 4.98 Å². The molecule has 0 aliphatic carbocycles. The van der Waals surface area contributed by atoms with Crippen LogP contribution in [0.15, 0.2) is 6.33 Å². The van der Waals surface area contributed by atoms with Gasteiger partial charge >= 0.3 is 0 Å². The summed E-state index contributed by atoms with van der Waals surface area (Å²) < 4.78 is 5.54. The summed E-state index contributed by atoms with van der Waals surface area (Å²) in [7, 11) is 0. The van der Waals surface area contributed by atoms with Crippen LogP contribution in [0.1, 0.15) is 19.8 Å². The van der Waals surface area contributed by atoms with Crippen molar-refractivity contribution < 1.29 is 4.74 Å². The average Bonchev–Trinajstić information content (AvgIpc) is 2.66. The van der Waals surface area contributed by atoms with Crippen LogP contribution >= 0.6 is 11.8 Å². The highest BCUT2D eigenvalue weighted by Crippen LogP contribution is 2.29. The second kappa shape index (κ2) is 6.68. The molecule has 6 heteroatoms. The number of hydrogen-bond donors (Lipinski definition) is 1. The monoisotopic (exact) mass is 268 g/mol. The normalized spacial score (nSPS) is 16.4. The molecule has 0 unspecified atom stereocenters. The van der Waals surface area contributed by atoms with Gasteiger partial charge in [-0.2, -0.15) is 16.7 Å². The summed E-state index contributed by atoms with van der Waals surface area (Å²) in [5, 5.41) is 0. The Kier molecular flexibility index (Phi) is 4.92. The SMILES string of the molecule is CCCOc1ncnc(N2CCCSCC2)c1N. The first-order valence-electron chi connectivity index (χ1n) is 6.39. The molecule has 1 saturated heterocycles. The molecule has 0 spiro atoms. The Morgan fingerprint density at radius 2 is 2.28 bits per heavy atom. The number of hydrogen-bond acceptors (Lipinski definition) is 6. The third-order valence-electron chi connectivity index (χ3n) is 2.79. The molecule has 0 radical (unpaired) electrons. The fraction of sp³-hybridized carbons (Fsp3) is 0.667. The quantitative estimate of drug-likeness (QED) is 0.898. The standard InChI is InChI=1S/C12H20N4OS/c1-2-6-17-12-10(13)11(14-9-15-12)16-4-3-7-18-8-5-16/h9H,2-8,13H2,1H3. The third-order valence-corrected chi connectivity index (χ3v) is 3.84. The molecule has 2 rings (SSSR count). The molecule has 1 aliphatic heterocycles. The van der Waals surface area contributed by atoms with E-state index < -0.39 is 0 Å². The summed E-state index contributed by atoms with van der Waals surface area (Å²) in [6.45, 7) is 4.68. The zero-order valence-electron chi connectivity index (χ0n) is 10.8. The molecule has 1 aliphatic rings. The minimum Gasteiger partial charge on any atom is -0.476 e. The molecule has 0 amide bonds. The van der Waals surface area contributed by atoms with Crippen LogP contribution in [0.3, 0.4) is 0 Å². The first kappa shape index (κ1) is 13.3. The van der Waals surface area contributed by atoms with Crippen molar-refractivity contribution in [1.82, 2.24) is 9.97 Å². The second-order valence-electron chi connectivity index (χ2n) is 4.22. The summed E-state index contributed by atoms with van der Waals surface area (Å²) >= 11 is 1.98. The highest BCUT2D eigenvalue weighted by Gasteiger charge is 2.17. The van der Waals surface area contributed by atoms with Crippen LogP contribution in [0.4, 0.5) is 11.5 Å². The molecule has 1 aromatic heterocycles. The molecule has 0 saturated carbocycles. The van der Waals surface area contributed by atoms with Crippen LogP contribution < -0.4 is 15.4 Å². The number of ether oxygens (including phenoxy) is 1. The van der Waals surface area contributed by atoms with E-state index in [1.807, 2.05) is 11.8 Å².